The normalized spacial score (nSPS) is 13.6. The Balaban J connectivity index is 1.26. The number of halogens is 2. The van der Waals surface area contributed by atoms with E-state index in [-0.39, 0.29) is 24.8 Å². The summed E-state index contributed by atoms with van der Waals surface area (Å²) in [5.41, 5.74) is 5.10. The number of rotatable bonds is 10. The Morgan fingerprint density at radius 1 is 1.08 bits per heavy atom. The van der Waals surface area contributed by atoms with Gasteiger partial charge in [0, 0.05) is 23.6 Å². The smallest absolute Gasteiger partial charge is 0.277 e. The number of carbonyl (C=O) groups is 1. The first kappa shape index (κ1) is 27.5. The minimum absolute atomic E-state index is 0.00818. The number of nitrogens with zero attached hydrogens (tertiary/aromatic N) is 2. The van der Waals surface area contributed by atoms with Crippen LogP contribution in [0.1, 0.15) is 21.3 Å². The van der Waals surface area contributed by atoms with Gasteiger partial charge in [-0.1, -0.05) is 24.3 Å². The second-order valence-corrected chi connectivity index (χ2v) is 12.2. The number of nitro benzene ring substituents is 1. The van der Waals surface area contributed by atoms with E-state index in [4.69, 9.17) is 9.47 Å². The van der Waals surface area contributed by atoms with Crippen LogP contribution in [0.3, 0.4) is 0 Å². The lowest BCUT2D eigenvalue weighted by Gasteiger charge is -2.11. The van der Waals surface area contributed by atoms with Crippen LogP contribution >= 0.6 is 55.4 Å². The molecule has 0 unspecified atom stereocenters. The zero-order valence-electron chi connectivity index (χ0n) is 19.3. The molecule has 3 aromatic carbocycles. The van der Waals surface area contributed by atoms with Gasteiger partial charge >= 0.3 is 0 Å². The summed E-state index contributed by atoms with van der Waals surface area (Å²) in [6.45, 7) is 0.00500. The fraction of sp³-hybridized carbons (Fsp3) is 0.200. The molecule has 1 fully saturated rings. The number of nitro groups is 1. The Morgan fingerprint density at radius 2 is 1.78 bits per heavy atom. The highest BCUT2D eigenvalue weighted by Gasteiger charge is 2.18. The van der Waals surface area contributed by atoms with Gasteiger partial charge in [-0.15, -0.1) is 23.5 Å². The van der Waals surface area contributed by atoms with Crippen molar-refractivity contribution in [2.45, 2.75) is 11.2 Å². The summed E-state index contributed by atoms with van der Waals surface area (Å²) < 4.78 is 13.2. The molecule has 0 radical (unpaired) electrons. The van der Waals surface area contributed by atoms with Crippen molar-refractivity contribution >= 4 is 73.2 Å². The number of amides is 1. The Labute approximate surface area is 239 Å². The monoisotopic (exact) mass is 665 g/mol. The van der Waals surface area contributed by atoms with Crippen LogP contribution in [0.4, 0.5) is 5.69 Å². The first-order chi connectivity index (χ1) is 17.9. The lowest BCUT2D eigenvalue weighted by molar-refractivity contribution is -0.384. The van der Waals surface area contributed by atoms with Gasteiger partial charge in [-0.2, -0.15) is 5.10 Å². The maximum Gasteiger partial charge on any atom is 0.277 e. The van der Waals surface area contributed by atoms with Crippen molar-refractivity contribution in [1.82, 2.24) is 5.43 Å². The first-order valence-electron chi connectivity index (χ1n) is 11.0. The topological polar surface area (TPSA) is 103 Å². The molecule has 0 atom stereocenters. The number of hydrazone groups is 1. The summed E-state index contributed by atoms with van der Waals surface area (Å²) >= 11 is 10.8. The Morgan fingerprint density at radius 3 is 2.46 bits per heavy atom. The van der Waals surface area contributed by atoms with Crippen LogP contribution in [0.2, 0.25) is 0 Å². The predicted molar refractivity (Wildman–Crippen MR) is 155 cm³/mol. The minimum atomic E-state index is -0.443. The van der Waals surface area contributed by atoms with E-state index in [9.17, 15) is 14.9 Å². The number of carbonyl (C=O) groups excluding carboxylic acids is 1. The van der Waals surface area contributed by atoms with Crippen LogP contribution in [0, 0.1) is 10.1 Å². The molecule has 4 rings (SSSR count). The molecule has 0 aliphatic carbocycles. The summed E-state index contributed by atoms with van der Waals surface area (Å²) in [7, 11) is 0. The van der Waals surface area contributed by atoms with Gasteiger partial charge < -0.3 is 9.47 Å². The molecule has 0 saturated carbocycles. The lowest BCUT2D eigenvalue weighted by atomic mass is 10.2. The number of ether oxygens (including phenoxy) is 2. The molecule has 192 valence electrons. The van der Waals surface area contributed by atoms with Crippen molar-refractivity contribution < 1.29 is 19.2 Å². The third-order valence-corrected chi connectivity index (χ3v) is 9.35. The molecule has 0 spiro atoms. The molecule has 8 nitrogen and oxygen atoms in total. The molecule has 1 heterocycles. The highest BCUT2D eigenvalue weighted by atomic mass is 79.9. The maximum atomic E-state index is 12.1. The van der Waals surface area contributed by atoms with Gasteiger partial charge in [-0.25, -0.2) is 5.43 Å². The highest BCUT2D eigenvalue weighted by molar-refractivity contribution is 9.11. The lowest BCUT2D eigenvalue weighted by Crippen LogP contribution is -2.24. The van der Waals surface area contributed by atoms with Crippen molar-refractivity contribution in [3.8, 4) is 11.5 Å². The largest absolute Gasteiger partial charge is 0.487 e. The van der Waals surface area contributed by atoms with Crippen molar-refractivity contribution in [1.29, 1.82) is 0 Å². The van der Waals surface area contributed by atoms with Crippen molar-refractivity contribution in [3.63, 3.8) is 0 Å². The van der Waals surface area contributed by atoms with Gasteiger partial charge in [0.15, 0.2) is 6.61 Å². The van der Waals surface area contributed by atoms with E-state index in [0.29, 0.717) is 36.2 Å². The van der Waals surface area contributed by atoms with E-state index in [2.05, 4.69) is 42.4 Å². The predicted octanol–water partition coefficient (Wildman–Crippen LogP) is 6.71. The van der Waals surface area contributed by atoms with Crippen LogP contribution in [-0.2, 0) is 11.4 Å². The van der Waals surface area contributed by atoms with E-state index in [1.807, 2.05) is 47.8 Å². The number of benzene rings is 3. The molecule has 3 aromatic rings. The molecular weight excluding hydrogens is 646 g/mol. The zero-order valence-corrected chi connectivity index (χ0v) is 24.1. The second-order valence-electron chi connectivity index (χ2n) is 7.75. The molecule has 0 bridgehead atoms. The van der Waals surface area contributed by atoms with E-state index < -0.39 is 4.92 Å². The van der Waals surface area contributed by atoms with Crippen LogP contribution in [0.25, 0.3) is 0 Å². The molecule has 1 saturated heterocycles. The average molecular weight is 667 g/mol. The van der Waals surface area contributed by atoms with Gasteiger partial charge in [-0.05, 0) is 72.8 Å². The molecule has 1 aliphatic rings. The molecule has 0 aromatic heterocycles. The Kier molecular flexibility index (Phi) is 9.89. The SMILES string of the molecule is O=C(COc1ccc(C2SCCS2)cc1)N/N=C\c1cc(Br)c(OCc2cccc([N+](=O)[O-])c2)c(Br)c1. The van der Waals surface area contributed by atoms with Gasteiger partial charge in [0.05, 0.1) is 24.7 Å². The number of hydrogen-bond donors (Lipinski definition) is 1. The molecule has 1 aliphatic heterocycles. The third-order valence-electron chi connectivity index (χ3n) is 5.07. The van der Waals surface area contributed by atoms with Crippen molar-refractivity contribution in [3.05, 3.63) is 96.4 Å². The van der Waals surface area contributed by atoms with E-state index in [1.165, 1.54) is 35.4 Å². The van der Waals surface area contributed by atoms with Crippen LogP contribution in [-0.4, -0.2) is 35.2 Å². The molecule has 1 N–H and O–H groups in total. The summed E-state index contributed by atoms with van der Waals surface area (Å²) in [5.74, 6) is 3.13. The Bertz CT molecular complexity index is 1280. The average Bonchev–Trinajstić information content (AvgIpc) is 3.43. The van der Waals surface area contributed by atoms with Gasteiger partial charge in [0.2, 0.25) is 0 Å². The molecule has 37 heavy (non-hydrogen) atoms. The van der Waals surface area contributed by atoms with Gasteiger partial charge in [0.1, 0.15) is 18.1 Å². The quantitative estimate of drug-likeness (QED) is 0.146. The highest BCUT2D eigenvalue weighted by Crippen LogP contribution is 2.45. The summed E-state index contributed by atoms with van der Waals surface area (Å²) in [4.78, 5) is 22.6. The van der Waals surface area contributed by atoms with Crippen molar-refractivity contribution in [2.75, 3.05) is 18.1 Å². The molecule has 12 heteroatoms. The first-order valence-corrected chi connectivity index (χ1v) is 14.7. The maximum absolute atomic E-state index is 12.1. The molecular formula is C25H21Br2N3O5S2. The molecule has 1 amide bonds. The van der Waals surface area contributed by atoms with E-state index in [1.54, 1.807) is 24.3 Å². The second kappa shape index (κ2) is 13.3. The number of hydrogen-bond acceptors (Lipinski definition) is 8. The summed E-state index contributed by atoms with van der Waals surface area (Å²) in [6, 6.07) is 17.7. The van der Waals surface area contributed by atoms with E-state index in [0.717, 1.165) is 0 Å². The van der Waals surface area contributed by atoms with Crippen LogP contribution < -0.4 is 14.9 Å². The minimum Gasteiger partial charge on any atom is -0.487 e. The number of nitrogens with one attached hydrogen (secondary N) is 1. The van der Waals surface area contributed by atoms with Crippen LogP contribution in [0.15, 0.2) is 74.7 Å². The standard InChI is InChI=1S/C25H21Br2N3O5S2/c26-21-11-17(12-22(27)24(21)35-14-16-2-1-3-19(10-16)30(32)33)13-28-29-23(31)15-34-20-6-4-18(5-7-20)25-36-8-9-37-25/h1-7,10-13,25H,8-9,14-15H2,(H,29,31)/b28-13-. The Hall–Kier alpha value is -2.54. The van der Waals surface area contributed by atoms with Gasteiger partial charge in [-0.3, -0.25) is 14.9 Å². The fourth-order valence-corrected chi connectivity index (χ4v) is 7.65. The van der Waals surface area contributed by atoms with E-state index >= 15 is 0 Å². The van der Waals surface area contributed by atoms with Crippen molar-refractivity contribution in [2.24, 2.45) is 5.10 Å². The number of non-ortho nitro benzene ring substituents is 1. The zero-order chi connectivity index (χ0) is 26.2. The third kappa shape index (κ3) is 7.97. The number of thioether (sulfide) groups is 2. The fourth-order valence-electron chi connectivity index (χ4n) is 3.34. The summed E-state index contributed by atoms with van der Waals surface area (Å²) in [5, 5.41) is 15.0. The summed E-state index contributed by atoms with van der Waals surface area (Å²) in [6.07, 6.45) is 1.50. The van der Waals surface area contributed by atoms with Gasteiger partial charge in [0.25, 0.3) is 11.6 Å². The van der Waals surface area contributed by atoms with Crippen LogP contribution in [0.5, 0.6) is 11.5 Å².